The maximum atomic E-state index is 12.9. The second-order valence-electron chi connectivity index (χ2n) is 7.55. The Kier molecular flexibility index (Phi) is 7.91. The molecule has 0 spiro atoms. The molecule has 0 saturated heterocycles. The number of carbonyl (C=O) groups excluding carboxylic acids is 3. The zero-order valence-corrected chi connectivity index (χ0v) is 20.2. The number of amides is 2. The minimum atomic E-state index is -1.18. The number of carboxylic acid groups (broad SMARTS) is 1. The number of carbonyl (C=O) groups is 4. The van der Waals surface area contributed by atoms with Crippen molar-refractivity contribution in [1.82, 2.24) is 20.4 Å². The Morgan fingerprint density at radius 2 is 1.94 bits per heavy atom. The first-order valence-electron chi connectivity index (χ1n) is 10.3. The molecule has 2 amide bonds. The van der Waals surface area contributed by atoms with Crippen LogP contribution in [0.25, 0.3) is 11.4 Å². The fourth-order valence-corrected chi connectivity index (χ4v) is 4.10. The maximum Gasteiger partial charge on any atom is 0.350 e. The number of rotatable bonds is 9. The van der Waals surface area contributed by atoms with Crippen LogP contribution < -0.4 is 10.2 Å². The first kappa shape index (κ1) is 25.5. The molecular formula is C22H23N5O7S. The molecule has 1 unspecified atom stereocenters. The molecule has 0 fully saturated rings. The number of aliphatic carboxylic acids is 1. The van der Waals surface area contributed by atoms with Gasteiger partial charge >= 0.3 is 11.9 Å². The second-order valence-corrected chi connectivity index (χ2v) is 8.52. The largest absolute Gasteiger partial charge is 0.481 e. The van der Waals surface area contributed by atoms with Gasteiger partial charge in [0.05, 0.1) is 19.2 Å². The third-order valence-corrected chi connectivity index (χ3v) is 6.12. The predicted octanol–water partition coefficient (Wildman–Crippen LogP) is 2.22. The number of aryl methyl sites for hydroxylation is 2. The Morgan fingerprint density at radius 1 is 1.20 bits per heavy atom. The Bertz CT molecular complexity index is 1270. The number of ether oxygens (including phenoxy) is 1. The van der Waals surface area contributed by atoms with E-state index < -0.39 is 36.2 Å². The summed E-state index contributed by atoms with van der Waals surface area (Å²) in [6, 6.07) is 5.42. The Morgan fingerprint density at radius 3 is 2.57 bits per heavy atom. The van der Waals surface area contributed by atoms with Gasteiger partial charge in [-0.25, -0.2) is 9.78 Å². The quantitative estimate of drug-likeness (QED) is 0.415. The highest BCUT2D eigenvalue weighted by Gasteiger charge is 2.26. The van der Waals surface area contributed by atoms with Crippen LogP contribution in [-0.4, -0.2) is 64.2 Å². The molecular weight excluding hydrogens is 478 g/mol. The minimum absolute atomic E-state index is 0.236. The lowest BCUT2D eigenvalue weighted by molar-refractivity contribution is -0.137. The average molecular weight is 502 g/mol. The van der Waals surface area contributed by atoms with Crippen molar-refractivity contribution >= 4 is 40.2 Å². The Labute approximate surface area is 203 Å². The van der Waals surface area contributed by atoms with E-state index in [1.807, 2.05) is 0 Å². The second kappa shape index (κ2) is 10.9. The van der Waals surface area contributed by atoms with E-state index in [0.717, 1.165) is 11.3 Å². The number of hydrogen-bond donors (Lipinski definition) is 2. The monoisotopic (exact) mass is 501 g/mol. The van der Waals surface area contributed by atoms with E-state index in [4.69, 9.17) is 9.26 Å². The molecule has 0 radical (unpaired) electrons. The summed E-state index contributed by atoms with van der Waals surface area (Å²) in [5, 5.41) is 16.0. The molecule has 0 aliphatic rings. The van der Waals surface area contributed by atoms with Gasteiger partial charge in [-0.15, -0.1) is 0 Å². The number of carboxylic acids is 1. The number of anilines is 1. The van der Waals surface area contributed by atoms with E-state index >= 15 is 0 Å². The normalized spacial score (nSPS) is 11.5. The zero-order valence-electron chi connectivity index (χ0n) is 19.4. The van der Waals surface area contributed by atoms with Crippen molar-refractivity contribution in [1.29, 1.82) is 0 Å². The lowest BCUT2D eigenvalue weighted by Crippen LogP contribution is -2.41. The summed E-state index contributed by atoms with van der Waals surface area (Å²) in [4.78, 5) is 58.7. The van der Waals surface area contributed by atoms with E-state index in [1.165, 1.54) is 25.1 Å². The molecule has 12 nitrogen and oxygen atoms in total. The van der Waals surface area contributed by atoms with Gasteiger partial charge in [0.2, 0.25) is 17.6 Å². The van der Waals surface area contributed by atoms with Crippen molar-refractivity contribution in [3.05, 3.63) is 46.3 Å². The van der Waals surface area contributed by atoms with Gasteiger partial charge in [-0.1, -0.05) is 28.6 Å². The first-order chi connectivity index (χ1) is 16.6. The summed E-state index contributed by atoms with van der Waals surface area (Å²) in [5.41, 5.74) is 1.18. The fourth-order valence-electron chi connectivity index (χ4n) is 3.13. The number of nitrogens with one attached hydrogen (secondary N) is 1. The summed E-state index contributed by atoms with van der Waals surface area (Å²) in [6.07, 6.45) is -0.774. The molecule has 0 bridgehead atoms. The van der Waals surface area contributed by atoms with Gasteiger partial charge in [0.15, 0.2) is 5.13 Å². The van der Waals surface area contributed by atoms with Gasteiger partial charge in [-0.05, 0) is 19.1 Å². The van der Waals surface area contributed by atoms with Crippen LogP contribution in [0, 0.1) is 13.8 Å². The summed E-state index contributed by atoms with van der Waals surface area (Å²) >= 11 is 0.978. The summed E-state index contributed by atoms with van der Waals surface area (Å²) in [6.45, 7) is 3.25. The average Bonchev–Trinajstić information content (AvgIpc) is 3.43. The summed E-state index contributed by atoms with van der Waals surface area (Å²) < 4.78 is 9.66. The van der Waals surface area contributed by atoms with Crippen LogP contribution >= 0.6 is 11.3 Å². The molecule has 0 aliphatic carbocycles. The van der Waals surface area contributed by atoms with Crippen LogP contribution in [0.5, 0.6) is 0 Å². The number of benzene rings is 1. The van der Waals surface area contributed by atoms with Crippen molar-refractivity contribution in [3.63, 3.8) is 0 Å². The van der Waals surface area contributed by atoms with Crippen molar-refractivity contribution in [2.75, 3.05) is 19.1 Å². The van der Waals surface area contributed by atoms with Gasteiger partial charge in [0.25, 0.3) is 5.91 Å². The zero-order chi connectivity index (χ0) is 25.7. The highest BCUT2D eigenvalue weighted by Crippen LogP contribution is 2.26. The van der Waals surface area contributed by atoms with Crippen molar-refractivity contribution < 1.29 is 33.5 Å². The lowest BCUT2D eigenvalue weighted by Gasteiger charge is -2.20. The highest BCUT2D eigenvalue weighted by molar-refractivity contribution is 7.17. The number of esters is 1. The number of thiazole rings is 1. The third-order valence-electron chi connectivity index (χ3n) is 4.90. The van der Waals surface area contributed by atoms with E-state index in [1.54, 1.807) is 32.0 Å². The molecule has 2 heterocycles. The third kappa shape index (κ3) is 6.26. The van der Waals surface area contributed by atoms with Crippen molar-refractivity contribution in [3.8, 4) is 11.4 Å². The highest BCUT2D eigenvalue weighted by atomic mass is 32.1. The predicted molar refractivity (Wildman–Crippen MR) is 124 cm³/mol. The Hall–Kier alpha value is -4.13. The van der Waals surface area contributed by atoms with E-state index in [0.29, 0.717) is 23.0 Å². The van der Waals surface area contributed by atoms with Gasteiger partial charge < -0.3 is 19.7 Å². The van der Waals surface area contributed by atoms with E-state index in [-0.39, 0.29) is 22.0 Å². The number of nitrogens with zero attached hydrogens (tertiary/aromatic N) is 4. The summed E-state index contributed by atoms with van der Waals surface area (Å²) in [5.74, 6) is -2.13. The summed E-state index contributed by atoms with van der Waals surface area (Å²) in [7, 11) is 2.70. The van der Waals surface area contributed by atoms with Crippen molar-refractivity contribution in [2.45, 2.75) is 32.7 Å². The van der Waals surface area contributed by atoms with Gasteiger partial charge in [-0.2, -0.15) is 4.98 Å². The smallest absolute Gasteiger partial charge is 0.350 e. The molecule has 2 N–H and O–H groups in total. The lowest BCUT2D eigenvalue weighted by atomic mass is 10.1. The van der Waals surface area contributed by atoms with Crippen LogP contribution in [0.3, 0.4) is 0 Å². The first-order valence-corrected chi connectivity index (χ1v) is 11.2. The maximum absolute atomic E-state index is 12.9. The van der Waals surface area contributed by atoms with E-state index in [2.05, 4.69) is 20.4 Å². The van der Waals surface area contributed by atoms with Gasteiger partial charge in [0, 0.05) is 37.6 Å². The fraction of sp³-hybridized carbons (Fsp3) is 0.318. The topological polar surface area (TPSA) is 165 Å². The van der Waals surface area contributed by atoms with Crippen LogP contribution in [0.2, 0.25) is 0 Å². The van der Waals surface area contributed by atoms with E-state index in [9.17, 15) is 24.3 Å². The molecule has 184 valence electrons. The molecule has 1 aromatic carbocycles. The minimum Gasteiger partial charge on any atom is -0.481 e. The molecule has 35 heavy (non-hydrogen) atoms. The molecule has 2 aromatic heterocycles. The molecule has 3 aromatic rings. The Balaban J connectivity index is 1.73. The standard InChI is InChI=1S/C22H23N5O7S/c1-11-18(21(32)33-4)35-22(23-11)27(3)16(28)9-15(10-17(29)30)25-20(31)14-7-5-6-13(8-14)19-24-12(2)34-26-19/h5-8,15H,9-10H2,1-4H3,(H,25,31)(H,29,30). The van der Waals surface area contributed by atoms with Gasteiger partial charge in [0.1, 0.15) is 4.88 Å². The number of methoxy groups -OCH3 is 1. The molecule has 1 atom stereocenters. The van der Waals surface area contributed by atoms with Crippen LogP contribution in [0.15, 0.2) is 28.8 Å². The number of aromatic nitrogens is 3. The SMILES string of the molecule is COC(=O)c1sc(N(C)C(=O)CC(CC(=O)O)NC(=O)c2cccc(-c3noc(C)n3)c2)nc1C. The van der Waals surface area contributed by atoms with Crippen molar-refractivity contribution in [2.24, 2.45) is 0 Å². The van der Waals surface area contributed by atoms with Gasteiger partial charge in [-0.3, -0.25) is 19.3 Å². The molecule has 13 heteroatoms. The van der Waals surface area contributed by atoms with Crippen LogP contribution in [0.4, 0.5) is 5.13 Å². The molecule has 3 rings (SSSR count). The van der Waals surface area contributed by atoms with Crippen LogP contribution in [0.1, 0.15) is 44.5 Å². The van der Waals surface area contributed by atoms with Crippen LogP contribution in [-0.2, 0) is 14.3 Å². The molecule has 0 saturated carbocycles. The molecule has 0 aliphatic heterocycles. The number of hydrogen-bond acceptors (Lipinski definition) is 10.